The zero-order valence-corrected chi connectivity index (χ0v) is 18.8. The summed E-state index contributed by atoms with van der Waals surface area (Å²) in [6.07, 6.45) is -0.454. The second-order valence-electron chi connectivity index (χ2n) is 7.28. The number of para-hydroxylation sites is 1. The summed E-state index contributed by atoms with van der Waals surface area (Å²) < 4.78 is 21.1. The van der Waals surface area contributed by atoms with E-state index in [0.29, 0.717) is 23.3 Å². The van der Waals surface area contributed by atoms with Gasteiger partial charge in [0.1, 0.15) is 11.6 Å². The first-order valence-electron chi connectivity index (χ1n) is 10.5. The Morgan fingerprint density at radius 1 is 1.00 bits per heavy atom. The minimum Gasteiger partial charge on any atom is -0.483 e. The average Bonchev–Trinajstić information content (AvgIpc) is 3.28. The Morgan fingerprint density at radius 3 is 2.36 bits per heavy atom. The molecular weight excluding hydrogens is 439 g/mol. The molecular formula is C25H23FN4O2S. The molecule has 0 aliphatic carbocycles. The van der Waals surface area contributed by atoms with Crippen molar-refractivity contribution >= 4 is 17.7 Å². The maximum absolute atomic E-state index is 13.2. The molecule has 1 atom stereocenters. The van der Waals surface area contributed by atoms with Crippen LogP contribution in [-0.4, -0.2) is 26.4 Å². The number of ether oxygens (including phenoxy) is 1. The molecule has 0 saturated carbocycles. The number of nitrogens with one attached hydrogen (secondary N) is 1. The van der Waals surface area contributed by atoms with Gasteiger partial charge in [0, 0.05) is 12.2 Å². The second-order valence-corrected chi connectivity index (χ2v) is 8.22. The van der Waals surface area contributed by atoms with Crippen LogP contribution in [-0.2, 0) is 11.3 Å². The number of rotatable bonds is 9. The molecule has 0 saturated heterocycles. The van der Waals surface area contributed by atoms with Gasteiger partial charge in [-0.2, -0.15) is 0 Å². The standard InChI is InChI=1S/C25H23FN4O2S/c1-18(32-22-14-12-20(26)13-15-22)24-28-29-25(30(24)21-10-6-3-7-11-21)33-17-23(31)27-16-19-8-4-2-5-9-19/h2-15,18H,16-17H2,1H3,(H,27,31). The highest BCUT2D eigenvalue weighted by molar-refractivity contribution is 7.99. The molecule has 4 rings (SSSR count). The number of thioether (sulfide) groups is 1. The molecule has 0 fully saturated rings. The smallest absolute Gasteiger partial charge is 0.230 e. The Kier molecular flexibility index (Phi) is 7.36. The number of amides is 1. The van der Waals surface area contributed by atoms with E-state index >= 15 is 0 Å². The van der Waals surface area contributed by atoms with E-state index in [0.717, 1.165) is 11.3 Å². The van der Waals surface area contributed by atoms with E-state index in [1.54, 1.807) is 12.1 Å². The summed E-state index contributed by atoms with van der Waals surface area (Å²) in [5.41, 5.74) is 1.90. The number of hydrogen-bond donors (Lipinski definition) is 1. The van der Waals surface area contributed by atoms with E-state index in [2.05, 4.69) is 15.5 Å². The first kappa shape index (κ1) is 22.5. The van der Waals surface area contributed by atoms with Crippen LogP contribution in [0.4, 0.5) is 4.39 Å². The molecule has 4 aromatic rings. The first-order chi connectivity index (χ1) is 16.1. The molecule has 168 valence electrons. The van der Waals surface area contributed by atoms with Crippen LogP contribution in [0.3, 0.4) is 0 Å². The van der Waals surface area contributed by atoms with Crippen molar-refractivity contribution < 1.29 is 13.9 Å². The predicted molar refractivity (Wildman–Crippen MR) is 126 cm³/mol. The Labute approximate surface area is 195 Å². The van der Waals surface area contributed by atoms with Crippen LogP contribution in [0.2, 0.25) is 0 Å². The number of halogens is 1. The molecule has 0 aliphatic rings. The van der Waals surface area contributed by atoms with Gasteiger partial charge >= 0.3 is 0 Å². The molecule has 1 aromatic heterocycles. The number of carbonyl (C=O) groups is 1. The lowest BCUT2D eigenvalue weighted by Gasteiger charge is -2.16. The van der Waals surface area contributed by atoms with Crippen LogP contribution in [0.15, 0.2) is 90.1 Å². The van der Waals surface area contributed by atoms with Crippen molar-refractivity contribution in [2.75, 3.05) is 5.75 Å². The average molecular weight is 463 g/mol. The molecule has 33 heavy (non-hydrogen) atoms. The predicted octanol–water partition coefficient (Wildman–Crippen LogP) is 4.95. The zero-order valence-electron chi connectivity index (χ0n) is 18.0. The van der Waals surface area contributed by atoms with Gasteiger partial charge < -0.3 is 10.1 Å². The molecule has 6 nitrogen and oxygen atoms in total. The minimum atomic E-state index is -0.454. The SMILES string of the molecule is CC(Oc1ccc(F)cc1)c1nnc(SCC(=O)NCc2ccccc2)n1-c1ccccc1. The van der Waals surface area contributed by atoms with Crippen molar-refractivity contribution in [1.82, 2.24) is 20.1 Å². The summed E-state index contributed by atoms with van der Waals surface area (Å²) >= 11 is 1.30. The highest BCUT2D eigenvalue weighted by Crippen LogP contribution is 2.27. The fraction of sp³-hybridized carbons (Fsp3) is 0.160. The van der Waals surface area contributed by atoms with E-state index in [1.807, 2.05) is 72.2 Å². The summed E-state index contributed by atoms with van der Waals surface area (Å²) in [6, 6.07) is 25.2. The van der Waals surface area contributed by atoms with Crippen LogP contribution >= 0.6 is 11.8 Å². The van der Waals surface area contributed by atoms with Gasteiger partial charge in [-0.1, -0.05) is 60.3 Å². The molecule has 0 aliphatic heterocycles. The van der Waals surface area contributed by atoms with E-state index in [-0.39, 0.29) is 17.5 Å². The third-order valence-electron chi connectivity index (χ3n) is 4.83. The molecule has 0 radical (unpaired) electrons. The Morgan fingerprint density at radius 2 is 1.67 bits per heavy atom. The van der Waals surface area contributed by atoms with E-state index in [1.165, 1.54) is 23.9 Å². The molecule has 1 unspecified atom stereocenters. The molecule has 1 heterocycles. The number of hydrogen-bond acceptors (Lipinski definition) is 5. The molecule has 0 spiro atoms. The highest BCUT2D eigenvalue weighted by atomic mass is 32.2. The van der Waals surface area contributed by atoms with Gasteiger partial charge in [-0.15, -0.1) is 10.2 Å². The van der Waals surface area contributed by atoms with Crippen LogP contribution in [0.25, 0.3) is 5.69 Å². The molecule has 1 N–H and O–H groups in total. The second kappa shape index (κ2) is 10.8. The lowest BCUT2D eigenvalue weighted by molar-refractivity contribution is -0.118. The minimum absolute atomic E-state index is 0.0939. The van der Waals surface area contributed by atoms with Crippen molar-refractivity contribution in [1.29, 1.82) is 0 Å². The Hall–Kier alpha value is -3.65. The summed E-state index contributed by atoms with van der Waals surface area (Å²) in [7, 11) is 0. The lowest BCUT2D eigenvalue weighted by atomic mass is 10.2. The Bertz CT molecular complexity index is 1180. The van der Waals surface area contributed by atoms with Crippen molar-refractivity contribution in [2.45, 2.75) is 24.7 Å². The number of aromatic nitrogens is 3. The summed E-state index contributed by atoms with van der Waals surface area (Å²) in [5, 5.41) is 12.2. The molecule has 1 amide bonds. The van der Waals surface area contributed by atoms with Gasteiger partial charge in [0.15, 0.2) is 17.1 Å². The van der Waals surface area contributed by atoms with Crippen molar-refractivity contribution in [3.8, 4) is 11.4 Å². The normalized spacial score (nSPS) is 11.7. The number of carbonyl (C=O) groups excluding carboxylic acids is 1. The van der Waals surface area contributed by atoms with Gasteiger partial charge in [-0.25, -0.2) is 4.39 Å². The van der Waals surface area contributed by atoms with Gasteiger partial charge in [0.05, 0.1) is 5.75 Å². The van der Waals surface area contributed by atoms with Crippen molar-refractivity contribution in [3.63, 3.8) is 0 Å². The number of benzene rings is 3. The summed E-state index contributed by atoms with van der Waals surface area (Å²) in [4.78, 5) is 12.4. The lowest BCUT2D eigenvalue weighted by Crippen LogP contribution is -2.24. The highest BCUT2D eigenvalue weighted by Gasteiger charge is 2.21. The fourth-order valence-corrected chi connectivity index (χ4v) is 3.99. The van der Waals surface area contributed by atoms with E-state index in [9.17, 15) is 9.18 Å². The number of nitrogens with zero attached hydrogens (tertiary/aromatic N) is 3. The quantitative estimate of drug-likeness (QED) is 0.356. The largest absolute Gasteiger partial charge is 0.483 e. The van der Waals surface area contributed by atoms with Crippen molar-refractivity contribution in [3.05, 3.63) is 102 Å². The third-order valence-corrected chi connectivity index (χ3v) is 5.76. The van der Waals surface area contributed by atoms with Crippen LogP contribution in [0, 0.1) is 5.82 Å². The maximum atomic E-state index is 13.2. The topological polar surface area (TPSA) is 69.0 Å². The van der Waals surface area contributed by atoms with Gasteiger partial charge in [-0.3, -0.25) is 9.36 Å². The van der Waals surface area contributed by atoms with E-state index in [4.69, 9.17) is 4.74 Å². The molecule has 3 aromatic carbocycles. The summed E-state index contributed by atoms with van der Waals surface area (Å²) in [5.74, 6) is 0.888. The van der Waals surface area contributed by atoms with Gasteiger partial charge in [-0.05, 0) is 48.9 Å². The monoisotopic (exact) mass is 462 g/mol. The third kappa shape index (κ3) is 5.98. The van der Waals surface area contributed by atoms with E-state index < -0.39 is 6.10 Å². The van der Waals surface area contributed by atoms with Crippen LogP contribution in [0.5, 0.6) is 5.75 Å². The van der Waals surface area contributed by atoms with Crippen LogP contribution in [0.1, 0.15) is 24.4 Å². The van der Waals surface area contributed by atoms with Gasteiger partial charge in [0.25, 0.3) is 0 Å². The fourth-order valence-electron chi connectivity index (χ4n) is 3.21. The van der Waals surface area contributed by atoms with Crippen LogP contribution < -0.4 is 10.1 Å². The summed E-state index contributed by atoms with van der Waals surface area (Å²) in [6.45, 7) is 2.33. The van der Waals surface area contributed by atoms with Gasteiger partial charge in [0.2, 0.25) is 5.91 Å². The first-order valence-corrected chi connectivity index (χ1v) is 11.4. The van der Waals surface area contributed by atoms with Crippen molar-refractivity contribution in [2.24, 2.45) is 0 Å². The Balaban J connectivity index is 1.48. The maximum Gasteiger partial charge on any atom is 0.230 e. The zero-order chi connectivity index (χ0) is 23.0. The molecule has 8 heteroatoms. The molecule has 0 bridgehead atoms.